The fourth-order valence-electron chi connectivity index (χ4n) is 1.93. The molecule has 0 bridgehead atoms. The third kappa shape index (κ3) is 4.95. The van der Waals surface area contributed by atoms with E-state index in [1.54, 1.807) is 18.2 Å². The van der Waals surface area contributed by atoms with Gasteiger partial charge in [0.05, 0.1) is 11.9 Å². The zero-order valence-corrected chi connectivity index (χ0v) is 11.2. The Balaban J connectivity index is 1.91. The average Bonchev–Trinajstić information content (AvgIpc) is 2.87. The van der Waals surface area contributed by atoms with Crippen LogP contribution in [0.25, 0.3) is 0 Å². The molecule has 106 valence electrons. The van der Waals surface area contributed by atoms with Crippen molar-refractivity contribution < 1.29 is 17.9 Å². The van der Waals surface area contributed by atoms with E-state index < -0.39 is 11.9 Å². The van der Waals surface area contributed by atoms with Crippen molar-refractivity contribution >= 4 is 17.4 Å². The second kappa shape index (κ2) is 6.52. The summed E-state index contributed by atoms with van der Waals surface area (Å²) < 4.78 is 42.2. The first-order valence-corrected chi connectivity index (χ1v) is 7.17. The van der Waals surface area contributed by atoms with Crippen LogP contribution < -0.4 is 5.32 Å². The number of ether oxygens (including phenoxy) is 1. The minimum Gasteiger partial charge on any atom is -0.382 e. The third-order valence-corrected chi connectivity index (χ3v) is 3.96. The molecule has 0 aliphatic carbocycles. The van der Waals surface area contributed by atoms with Gasteiger partial charge in [-0.2, -0.15) is 13.2 Å². The lowest BCUT2D eigenvalue weighted by atomic mass is 10.2. The van der Waals surface area contributed by atoms with Gasteiger partial charge in [-0.05, 0) is 25.0 Å². The van der Waals surface area contributed by atoms with Crippen LogP contribution in [0, 0.1) is 0 Å². The molecule has 19 heavy (non-hydrogen) atoms. The van der Waals surface area contributed by atoms with Gasteiger partial charge in [0.15, 0.2) is 0 Å². The topological polar surface area (TPSA) is 21.3 Å². The molecule has 0 aromatic heterocycles. The summed E-state index contributed by atoms with van der Waals surface area (Å²) in [5, 5.41) is 3.18. The fraction of sp³-hybridized carbons (Fsp3) is 0.538. The van der Waals surface area contributed by atoms with E-state index in [1.807, 2.05) is 6.07 Å². The van der Waals surface area contributed by atoms with Crippen molar-refractivity contribution in [1.82, 2.24) is 0 Å². The van der Waals surface area contributed by atoms with E-state index in [0.29, 0.717) is 11.4 Å². The van der Waals surface area contributed by atoms with Gasteiger partial charge in [0.2, 0.25) is 0 Å². The molecule has 1 unspecified atom stereocenters. The van der Waals surface area contributed by atoms with Gasteiger partial charge in [-0.3, -0.25) is 0 Å². The zero-order valence-electron chi connectivity index (χ0n) is 10.4. The lowest BCUT2D eigenvalue weighted by Gasteiger charge is -2.15. The van der Waals surface area contributed by atoms with Gasteiger partial charge in [0.25, 0.3) is 0 Å². The fourth-order valence-corrected chi connectivity index (χ4v) is 2.72. The first-order chi connectivity index (χ1) is 9.04. The second-order valence-electron chi connectivity index (χ2n) is 4.42. The predicted molar refractivity (Wildman–Crippen MR) is 70.7 cm³/mol. The maximum absolute atomic E-state index is 12.2. The summed E-state index contributed by atoms with van der Waals surface area (Å²) >= 11 is 0.808. The van der Waals surface area contributed by atoms with Crippen LogP contribution in [0.1, 0.15) is 12.8 Å². The lowest BCUT2D eigenvalue weighted by Crippen LogP contribution is -2.18. The van der Waals surface area contributed by atoms with Crippen molar-refractivity contribution in [3.63, 3.8) is 0 Å². The average molecular weight is 291 g/mol. The standard InChI is InChI=1S/C13H16F3NOS/c14-13(15,16)9-19-12-6-2-1-5-11(12)17-8-10-4-3-7-18-10/h1-2,5-6,10,17H,3-4,7-9H2. The Hall–Kier alpha value is -0.880. The number of para-hydroxylation sites is 1. The van der Waals surface area contributed by atoms with Crippen LogP contribution in [0.5, 0.6) is 0 Å². The van der Waals surface area contributed by atoms with Gasteiger partial charge >= 0.3 is 6.18 Å². The molecule has 1 aliphatic heterocycles. The van der Waals surface area contributed by atoms with E-state index in [9.17, 15) is 13.2 Å². The first-order valence-electron chi connectivity index (χ1n) is 6.19. The highest BCUT2D eigenvalue weighted by Crippen LogP contribution is 2.32. The number of thioether (sulfide) groups is 1. The van der Waals surface area contributed by atoms with Crippen LogP contribution >= 0.6 is 11.8 Å². The molecule has 0 amide bonds. The van der Waals surface area contributed by atoms with Gasteiger partial charge in [-0.1, -0.05) is 12.1 Å². The van der Waals surface area contributed by atoms with Crippen LogP contribution in [-0.2, 0) is 4.74 Å². The number of rotatable bonds is 5. The van der Waals surface area contributed by atoms with E-state index in [2.05, 4.69) is 5.32 Å². The first kappa shape index (κ1) is 14.5. The van der Waals surface area contributed by atoms with E-state index in [1.165, 1.54) is 0 Å². The number of benzene rings is 1. The summed E-state index contributed by atoms with van der Waals surface area (Å²) in [5.74, 6) is -0.869. The summed E-state index contributed by atoms with van der Waals surface area (Å²) in [7, 11) is 0. The Labute approximate surface area is 114 Å². The third-order valence-electron chi connectivity index (χ3n) is 2.82. The number of halogens is 3. The normalized spacial score (nSPS) is 19.6. The number of alkyl halides is 3. The van der Waals surface area contributed by atoms with Gasteiger partial charge in [0.1, 0.15) is 0 Å². The monoisotopic (exact) mass is 291 g/mol. The minimum absolute atomic E-state index is 0.167. The Kier molecular flexibility index (Phi) is 4.99. The van der Waals surface area contributed by atoms with Crippen molar-refractivity contribution in [3.05, 3.63) is 24.3 Å². The molecule has 1 atom stereocenters. The van der Waals surface area contributed by atoms with Crippen LogP contribution in [0.3, 0.4) is 0 Å². The van der Waals surface area contributed by atoms with Crippen molar-refractivity contribution in [2.24, 2.45) is 0 Å². The van der Waals surface area contributed by atoms with Gasteiger partial charge in [-0.25, -0.2) is 0 Å². The largest absolute Gasteiger partial charge is 0.398 e. The molecule has 1 heterocycles. The molecule has 1 aromatic carbocycles. The highest BCUT2D eigenvalue weighted by Gasteiger charge is 2.27. The molecule has 1 aliphatic rings. The van der Waals surface area contributed by atoms with Gasteiger partial charge in [-0.15, -0.1) is 11.8 Å². The number of nitrogens with one attached hydrogen (secondary N) is 1. The highest BCUT2D eigenvalue weighted by molar-refractivity contribution is 7.99. The Bertz CT molecular complexity index is 405. The zero-order chi connectivity index (χ0) is 13.7. The predicted octanol–water partition coefficient (Wildman–Crippen LogP) is 3.93. The molecule has 0 spiro atoms. The summed E-state index contributed by atoms with van der Waals surface area (Å²) in [4.78, 5) is 0.623. The van der Waals surface area contributed by atoms with Crippen molar-refractivity contribution in [1.29, 1.82) is 0 Å². The summed E-state index contributed by atoms with van der Waals surface area (Å²) in [6.45, 7) is 1.42. The highest BCUT2D eigenvalue weighted by atomic mass is 32.2. The van der Waals surface area contributed by atoms with Crippen LogP contribution in [0.2, 0.25) is 0 Å². The molecule has 0 radical (unpaired) electrons. The van der Waals surface area contributed by atoms with E-state index in [-0.39, 0.29) is 6.10 Å². The summed E-state index contributed by atoms with van der Waals surface area (Å²) in [5.41, 5.74) is 0.743. The molecule has 6 heteroatoms. The Morgan fingerprint density at radius 3 is 2.79 bits per heavy atom. The van der Waals surface area contributed by atoms with E-state index in [0.717, 1.165) is 36.9 Å². The minimum atomic E-state index is -4.15. The summed E-state index contributed by atoms with van der Waals surface area (Å²) in [6.07, 6.45) is -1.92. The molecule has 1 fully saturated rings. The quantitative estimate of drug-likeness (QED) is 0.831. The van der Waals surface area contributed by atoms with Crippen molar-refractivity contribution in [3.8, 4) is 0 Å². The molecular formula is C13H16F3NOS. The Morgan fingerprint density at radius 2 is 2.11 bits per heavy atom. The van der Waals surface area contributed by atoms with Crippen molar-refractivity contribution in [2.45, 2.75) is 30.0 Å². The molecule has 0 saturated carbocycles. The number of hydrogen-bond donors (Lipinski definition) is 1. The van der Waals surface area contributed by atoms with E-state index >= 15 is 0 Å². The molecule has 1 aromatic rings. The van der Waals surface area contributed by atoms with Crippen molar-refractivity contribution in [2.75, 3.05) is 24.2 Å². The molecular weight excluding hydrogens is 275 g/mol. The molecule has 2 rings (SSSR count). The second-order valence-corrected chi connectivity index (χ2v) is 5.43. The summed E-state index contributed by atoms with van der Waals surface area (Å²) in [6, 6.07) is 7.06. The molecule has 1 N–H and O–H groups in total. The lowest BCUT2D eigenvalue weighted by molar-refractivity contribution is -0.105. The van der Waals surface area contributed by atoms with Crippen LogP contribution in [-0.4, -0.2) is 31.2 Å². The Morgan fingerprint density at radius 1 is 1.32 bits per heavy atom. The maximum atomic E-state index is 12.2. The van der Waals surface area contributed by atoms with Gasteiger partial charge in [0, 0.05) is 23.7 Å². The van der Waals surface area contributed by atoms with Gasteiger partial charge < -0.3 is 10.1 Å². The SMILES string of the molecule is FC(F)(F)CSc1ccccc1NCC1CCCO1. The number of hydrogen-bond acceptors (Lipinski definition) is 3. The number of anilines is 1. The molecule has 2 nitrogen and oxygen atoms in total. The van der Waals surface area contributed by atoms with Crippen LogP contribution in [0.4, 0.5) is 18.9 Å². The smallest absolute Gasteiger partial charge is 0.382 e. The molecule has 1 saturated heterocycles. The maximum Gasteiger partial charge on any atom is 0.398 e. The van der Waals surface area contributed by atoms with E-state index in [4.69, 9.17) is 4.74 Å². The van der Waals surface area contributed by atoms with Crippen LogP contribution in [0.15, 0.2) is 29.2 Å².